The van der Waals surface area contributed by atoms with Gasteiger partial charge in [-0.25, -0.2) is 9.59 Å². The second-order valence-electron chi connectivity index (χ2n) is 4.49. The van der Waals surface area contributed by atoms with E-state index in [4.69, 9.17) is 9.15 Å². The number of ether oxygens (including phenoxy) is 1. The summed E-state index contributed by atoms with van der Waals surface area (Å²) in [5.41, 5.74) is 0.965. The second-order valence-corrected chi connectivity index (χ2v) is 4.49. The van der Waals surface area contributed by atoms with Gasteiger partial charge in [0.05, 0.1) is 7.11 Å². The number of benzene rings is 2. The number of hydrogen-bond acceptors (Lipinski definition) is 4. The number of carbonyl (C=O) groups is 1. The van der Waals surface area contributed by atoms with Crippen molar-refractivity contribution < 1.29 is 13.9 Å². The van der Waals surface area contributed by atoms with E-state index in [2.05, 4.69) is 0 Å². The normalized spacial score (nSPS) is 10.5. The van der Waals surface area contributed by atoms with Gasteiger partial charge in [0.25, 0.3) is 0 Å². The summed E-state index contributed by atoms with van der Waals surface area (Å²) >= 11 is 0. The first kappa shape index (κ1) is 13.1. The molecule has 0 fully saturated rings. The molecular weight excluding hydrogens is 268 g/mol. The summed E-state index contributed by atoms with van der Waals surface area (Å²) in [4.78, 5) is 24.2. The lowest BCUT2D eigenvalue weighted by Gasteiger charge is -2.10. The number of fused-ring (bicyclic) bond motifs is 1. The number of esters is 1. The van der Waals surface area contributed by atoms with Crippen LogP contribution in [0.3, 0.4) is 0 Å². The molecule has 0 spiro atoms. The highest BCUT2D eigenvalue weighted by atomic mass is 16.5. The maximum atomic E-state index is 12.2. The van der Waals surface area contributed by atoms with Crippen LogP contribution in [0.2, 0.25) is 0 Å². The molecule has 0 amide bonds. The Balaban J connectivity index is 2.48. The van der Waals surface area contributed by atoms with Crippen LogP contribution in [0.4, 0.5) is 0 Å². The average molecular weight is 280 g/mol. The fraction of sp³-hybridized carbons (Fsp3) is 0.0588. The lowest BCUT2D eigenvalue weighted by atomic mass is 9.97. The molecule has 0 aliphatic heterocycles. The number of carbonyl (C=O) groups excluding carboxylic acids is 1. The number of hydrogen-bond donors (Lipinski definition) is 0. The van der Waals surface area contributed by atoms with Crippen LogP contribution in [0.1, 0.15) is 10.4 Å². The van der Waals surface area contributed by atoms with Gasteiger partial charge in [-0.1, -0.05) is 48.5 Å². The van der Waals surface area contributed by atoms with Crippen molar-refractivity contribution in [2.24, 2.45) is 0 Å². The summed E-state index contributed by atoms with van der Waals surface area (Å²) in [5, 5.41) is 0.698. The first-order valence-electron chi connectivity index (χ1n) is 6.42. The van der Waals surface area contributed by atoms with Gasteiger partial charge in [-0.3, -0.25) is 0 Å². The molecule has 0 unspecified atom stereocenters. The van der Waals surface area contributed by atoms with Crippen molar-refractivity contribution in [1.29, 1.82) is 0 Å². The molecule has 0 saturated heterocycles. The van der Waals surface area contributed by atoms with Crippen molar-refractivity contribution in [2.75, 3.05) is 7.11 Å². The zero-order valence-electron chi connectivity index (χ0n) is 11.3. The van der Waals surface area contributed by atoms with Crippen molar-refractivity contribution in [2.45, 2.75) is 0 Å². The Labute approximate surface area is 120 Å². The van der Waals surface area contributed by atoms with Gasteiger partial charge in [-0.05, 0) is 11.6 Å². The highest BCUT2D eigenvalue weighted by molar-refractivity contribution is 6.05. The fourth-order valence-electron chi connectivity index (χ4n) is 2.34. The van der Waals surface area contributed by atoms with Crippen molar-refractivity contribution in [3.63, 3.8) is 0 Å². The molecule has 0 aliphatic rings. The molecule has 3 aromatic rings. The number of rotatable bonds is 2. The van der Waals surface area contributed by atoms with Gasteiger partial charge in [0.1, 0.15) is 5.58 Å². The van der Waals surface area contributed by atoms with Gasteiger partial charge in [-0.2, -0.15) is 0 Å². The van der Waals surface area contributed by atoms with Crippen molar-refractivity contribution in [1.82, 2.24) is 0 Å². The van der Waals surface area contributed by atoms with E-state index in [0.29, 0.717) is 16.5 Å². The minimum absolute atomic E-state index is 0.0811. The minimum atomic E-state index is -0.701. The third kappa shape index (κ3) is 2.21. The molecule has 4 nitrogen and oxygen atoms in total. The molecule has 0 N–H and O–H groups in total. The van der Waals surface area contributed by atoms with Crippen molar-refractivity contribution >= 4 is 16.9 Å². The lowest BCUT2D eigenvalue weighted by molar-refractivity contribution is 0.0597. The SMILES string of the molecule is COC(=O)c1c(-c2ccccc2)c2ccccc2oc1=O. The molecule has 0 radical (unpaired) electrons. The minimum Gasteiger partial charge on any atom is -0.465 e. The zero-order valence-corrected chi connectivity index (χ0v) is 11.3. The summed E-state index contributed by atoms with van der Waals surface area (Å²) in [5.74, 6) is -0.701. The summed E-state index contributed by atoms with van der Waals surface area (Å²) in [7, 11) is 1.24. The highest BCUT2D eigenvalue weighted by Gasteiger charge is 2.22. The monoisotopic (exact) mass is 280 g/mol. The van der Waals surface area contributed by atoms with Crippen LogP contribution >= 0.6 is 0 Å². The molecule has 104 valence electrons. The Bertz CT molecular complexity index is 863. The molecule has 21 heavy (non-hydrogen) atoms. The number of para-hydroxylation sites is 1. The Kier molecular flexibility index (Phi) is 3.28. The average Bonchev–Trinajstić information content (AvgIpc) is 2.53. The largest absolute Gasteiger partial charge is 0.465 e. The fourth-order valence-corrected chi connectivity index (χ4v) is 2.34. The van der Waals surface area contributed by atoms with Gasteiger partial charge in [0.2, 0.25) is 0 Å². The van der Waals surface area contributed by atoms with Crippen molar-refractivity contribution in [3.05, 3.63) is 70.6 Å². The topological polar surface area (TPSA) is 56.5 Å². The summed E-state index contributed by atoms with van der Waals surface area (Å²) in [6.45, 7) is 0. The van der Waals surface area contributed by atoms with Crippen LogP contribution in [0.25, 0.3) is 22.1 Å². The molecule has 0 bridgehead atoms. The van der Waals surface area contributed by atoms with E-state index < -0.39 is 11.6 Å². The first-order valence-corrected chi connectivity index (χ1v) is 6.42. The van der Waals surface area contributed by atoms with Crippen LogP contribution in [-0.4, -0.2) is 13.1 Å². The first-order chi connectivity index (χ1) is 10.2. The standard InChI is InChI=1S/C17H12O4/c1-20-16(18)15-14(11-7-3-2-4-8-11)12-9-5-6-10-13(12)21-17(15)19/h2-10H,1H3. The van der Waals surface area contributed by atoms with Crippen molar-refractivity contribution in [3.8, 4) is 11.1 Å². The van der Waals surface area contributed by atoms with Gasteiger partial charge in [-0.15, -0.1) is 0 Å². The van der Waals surface area contributed by atoms with E-state index >= 15 is 0 Å². The Morgan fingerprint density at radius 3 is 2.38 bits per heavy atom. The summed E-state index contributed by atoms with van der Waals surface area (Å²) < 4.78 is 9.95. The molecule has 3 rings (SSSR count). The van der Waals surface area contributed by atoms with E-state index in [1.807, 2.05) is 42.5 Å². The highest BCUT2D eigenvalue weighted by Crippen LogP contribution is 2.30. The van der Waals surface area contributed by atoms with E-state index in [0.717, 1.165) is 5.56 Å². The smallest absolute Gasteiger partial charge is 0.351 e. The van der Waals surface area contributed by atoms with E-state index in [-0.39, 0.29) is 5.56 Å². The van der Waals surface area contributed by atoms with Crippen LogP contribution in [0, 0.1) is 0 Å². The Morgan fingerprint density at radius 1 is 1.00 bits per heavy atom. The molecule has 0 atom stereocenters. The maximum absolute atomic E-state index is 12.2. The van der Waals surface area contributed by atoms with E-state index in [1.54, 1.807) is 12.1 Å². The zero-order chi connectivity index (χ0) is 14.8. The summed E-state index contributed by atoms with van der Waals surface area (Å²) in [6.07, 6.45) is 0. The van der Waals surface area contributed by atoms with Gasteiger partial charge in [0, 0.05) is 10.9 Å². The molecule has 1 aromatic heterocycles. The number of methoxy groups -OCH3 is 1. The molecule has 2 aromatic carbocycles. The van der Waals surface area contributed by atoms with Gasteiger partial charge < -0.3 is 9.15 Å². The van der Waals surface area contributed by atoms with Gasteiger partial charge >= 0.3 is 11.6 Å². The van der Waals surface area contributed by atoms with Crippen LogP contribution < -0.4 is 5.63 Å². The van der Waals surface area contributed by atoms with Crippen LogP contribution in [-0.2, 0) is 4.74 Å². The molecule has 4 heteroatoms. The Morgan fingerprint density at radius 2 is 1.67 bits per heavy atom. The predicted molar refractivity (Wildman–Crippen MR) is 79.3 cm³/mol. The predicted octanol–water partition coefficient (Wildman–Crippen LogP) is 3.25. The Hall–Kier alpha value is -2.88. The third-order valence-corrected chi connectivity index (χ3v) is 3.27. The van der Waals surface area contributed by atoms with E-state index in [1.165, 1.54) is 7.11 Å². The third-order valence-electron chi connectivity index (χ3n) is 3.27. The molecule has 0 saturated carbocycles. The van der Waals surface area contributed by atoms with Crippen LogP contribution in [0.15, 0.2) is 63.8 Å². The molecule has 0 aliphatic carbocycles. The van der Waals surface area contributed by atoms with E-state index in [9.17, 15) is 9.59 Å². The van der Waals surface area contributed by atoms with Gasteiger partial charge in [0.15, 0.2) is 5.56 Å². The quantitative estimate of drug-likeness (QED) is 0.534. The molecule has 1 heterocycles. The second kappa shape index (κ2) is 5.25. The maximum Gasteiger partial charge on any atom is 0.351 e. The molecular formula is C17H12O4. The lowest BCUT2D eigenvalue weighted by Crippen LogP contribution is -2.17. The van der Waals surface area contributed by atoms with Crippen LogP contribution in [0.5, 0.6) is 0 Å². The summed E-state index contributed by atoms with van der Waals surface area (Å²) in [6, 6.07) is 16.4.